The van der Waals surface area contributed by atoms with Crippen LogP contribution in [0.5, 0.6) is 5.75 Å². The topological polar surface area (TPSA) is 75.7 Å². The number of carbonyl (C=O) groups is 1. The molecule has 33 heavy (non-hydrogen) atoms. The first-order chi connectivity index (χ1) is 15.8. The molecular formula is C26H30N2O4S. The van der Waals surface area contributed by atoms with E-state index in [9.17, 15) is 13.2 Å². The normalized spacial score (nSPS) is 11.1. The van der Waals surface area contributed by atoms with Gasteiger partial charge in [-0.15, -0.1) is 0 Å². The van der Waals surface area contributed by atoms with Crippen LogP contribution in [-0.2, 0) is 23.0 Å². The van der Waals surface area contributed by atoms with Crippen LogP contribution in [-0.4, -0.2) is 33.7 Å². The zero-order chi connectivity index (χ0) is 23.8. The number of carbonyl (C=O) groups excluding carboxylic acids is 1. The minimum atomic E-state index is -3.50. The van der Waals surface area contributed by atoms with Gasteiger partial charge >= 0.3 is 0 Å². The molecule has 3 aromatic carbocycles. The molecule has 0 radical (unpaired) electrons. The maximum absolute atomic E-state index is 12.5. The Morgan fingerprint density at radius 1 is 0.970 bits per heavy atom. The number of hydrogen-bond donors (Lipinski definition) is 1. The molecule has 3 aromatic rings. The lowest BCUT2D eigenvalue weighted by Crippen LogP contribution is -2.30. The summed E-state index contributed by atoms with van der Waals surface area (Å²) in [6.45, 7) is 4.99. The van der Waals surface area contributed by atoms with Crippen molar-refractivity contribution in [3.05, 3.63) is 95.1 Å². The predicted octanol–water partition coefficient (Wildman–Crippen LogP) is 4.33. The molecule has 7 heteroatoms. The molecular weight excluding hydrogens is 436 g/mol. The number of aryl methyl sites for hydroxylation is 2. The second-order valence-electron chi connectivity index (χ2n) is 7.84. The Bertz CT molecular complexity index is 1170. The molecule has 174 valence electrons. The summed E-state index contributed by atoms with van der Waals surface area (Å²) in [5.74, 6) is 0.525. The number of benzene rings is 3. The molecule has 0 aliphatic rings. The SMILES string of the molecule is CCc1ccc(OCCNC(=O)c2ccc(N(Cc3ccccc3C)S(C)(=O)=O)cc2)cc1. The van der Waals surface area contributed by atoms with E-state index in [0.29, 0.717) is 24.4 Å². The highest BCUT2D eigenvalue weighted by Crippen LogP contribution is 2.22. The van der Waals surface area contributed by atoms with E-state index in [0.717, 1.165) is 23.3 Å². The minimum Gasteiger partial charge on any atom is -0.492 e. The summed E-state index contributed by atoms with van der Waals surface area (Å²) in [4.78, 5) is 12.5. The second-order valence-corrected chi connectivity index (χ2v) is 9.75. The summed E-state index contributed by atoms with van der Waals surface area (Å²) in [5, 5.41) is 2.82. The molecule has 0 aliphatic carbocycles. The Kier molecular flexibility index (Phi) is 8.11. The Labute approximate surface area is 196 Å². The number of anilines is 1. The number of sulfonamides is 1. The average Bonchev–Trinajstić information content (AvgIpc) is 2.81. The van der Waals surface area contributed by atoms with Gasteiger partial charge in [-0.05, 0) is 66.4 Å². The standard InChI is InChI=1S/C26H30N2O4S/c1-4-21-9-15-25(16-10-21)32-18-17-27-26(29)22-11-13-24(14-12-22)28(33(3,30)31)19-23-8-6-5-7-20(23)2/h5-16H,4,17-19H2,1-3H3,(H,27,29). The molecule has 1 N–H and O–H groups in total. The summed E-state index contributed by atoms with van der Waals surface area (Å²) in [6.07, 6.45) is 2.16. The van der Waals surface area contributed by atoms with Gasteiger partial charge in [-0.1, -0.05) is 43.3 Å². The monoisotopic (exact) mass is 466 g/mol. The molecule has 0 unspecified atom stereocenters. The summed E-state index contributed by atoms with van der Waals surface area (Å²) < 4.78 is 31.9. The highest BCUT2D eigenvalue weighted by molar-refractivity contribution is 7.92. The Morgan fingerprint density at radius 3 is 2.24 bits per heavy atom. The number of rotatable bonds is 10. The van der Waals surface area contributed by atoms with E-state index in [4.69, 9.17) is 4.74 Å². The number of nitrogens with one attached hydrogen (secondary N) is 1. The summed E-state index contributed by atoms with van der Waals surface area (Å²) >= 11 is 0. The first-order valence-corrected chi connectivity index (χ1v) is 12.7. The fraction of sp³-hybridized carbons (Fsp3) is 0.269. The molecule has 0 aliphatic heterocycles. The van der Waals surface area contributed by atoms with Gasteiger partial charge in [0.15, 0.2) is 0 Å². The van der Waals surface area contributed by atoms with Crippen molar-refractivity contribution in [2.24, 2.45) is 0 Å². The quantitative estimate of drug-likeness (QED) is 0.451. The summed E-state index contributed by atoms with van der Waals surface area (Å²) in [7, 11) is -3.50. The summed E-state index contributed by atoms with van der Waals surface area (Å²) in [5.41, 5.74) is 4.15. The zero-order valence-electron chi connectivity index (χ0n) is 19.2. The molecule has 6 nitrogen and oxygen atoms in total. The van der Waals surface area contributed by atoms with Gasteiger partial charge < -0.3 is 10.1 Å². The fourth-order valence-corrected chi connectivity index (χ4v) is 4.26. The maximum atomic E-state index is 12.5. The van der Waals surface area contributed by atoms with Crippen LogP contribution in [0.1, 0.15) is 34.0 Å². The molecule has 1 amide bonds. The number of hydrogen-bond acceptors (Lipinski definition) is 4. The summed E-state index contributed by atoms with van der Waals surface area (Å²) in [6, 6.07) is 22.1. The van der Waals surface area contributed by atoms with Gasteiger partial charge in [0, 0.05) is 5.56 Å². The van der Waals surface area contributed by atoms with Gasteiger partial charge in [-0.3, -0.25) is 9.10 Å². The van der Waals surface area contributed by atoms with E-state index in [2.05, 4.69) is 12.2 Å². The second kappa shape index (κ2) is 11.0. The molecule has 0 fully saturated rings. The lowest BCUT2D eigenvalue weighted by atomic mass is 10.1. The van der Waals surface area contributed by atoms with Gasteiger partial charge in [-0.25, -0.2) is 8.42 Å². The average molecular weight is 467 g/mol. The van der Waals surface area contributed by atoms with E-state index in [-0.39, 0.29) is 12.5 Å². The highest BCUT2D eigenvalue weighted by atomic mass is 32.2. The van der Waals surface area contributed by atoms with Gasteiger partial charge in [0.2, 0.25) is 10.0 Å². The molecule has 0 bridgehead atoms. The third-order valence-electron chi connectivity index (χ3n) is 5.38. The number of amides is 1. The molecule has 0 heterocycles. The first-order valence-electron chi connectivity index (χ1n) is 10.9. The first kappa shape index (κ1) is 24.3. The van der Waals surface area contributed by atoms with Crippen molar-refractivity contribution in [3.63, 3.8) is 0 Å². The van der Waals surface area contributed by atoms with E-state index < -0.39 is 10.0 Å². The van der Waals surface area contributed by atoms with E-state index >= 15 is 0 Å². The highest BCUT2D eigenvalue weighted by Gasteiger charge is 2.19. The smallest absolute Gasteiger partial charge is 0.251 e. The van der Waals surface area contributed by atoms with Crippen LogP contribution in [0.2, 0.25) is 0 Å². The fourth-order valence-electron chi connectivity index (χ4n) is 3.38. The third kappa shape index (κ3) is 6.83. The lowest BCUT2D eigenvalue weighted by Gasteiger charge is -2.23. The Morgan fingerprint density at radius 2 is 1.64 bits per heavy atom. The van der Waals surface area contributed by atoms with E-state index in [1.165, 1.54) is 16.1 Å². The molecule has 0 aromatic heterocycles. The third-order valence-corrected chi connectivity index (χ3v) is 6.52. The van der Waals surface area contributed by atoms with Gasteiger partial charge in [-0.2, -0.15) is 0 Å². The van der Waals surface area contributed by atoms with Crippen LogP contribution >= 0.6 is 0 Å². The zero-order valence-corrected chi connectivity index (χ0v) is 20.1. The van der Waals surface area contributed by atoms with Crippen molar-refractivity contribution >= 4 is 21.6 Å². The largest absolute Gasteiger partial charge is 0.492 e. The molecule has 0 saturated heterocycles. The number of ether oxygens (including phenoxy) is 1. The predicted molar refractivity (Wildman–Crippen MR) is 132 cm³/mol. The van der Waals surface area contributed by atoms with Crippen LogP contribution in [0.3, 0.4) is 0 Å². The van der Waals surface area contributed by atoms with Crippen molar-refractivity contribution in [2.75, 3.05) is 23.7 Å². The number of nitrogens with zero attached hydrogens (tertiary/aromatic N) is 1. The van der Waals surface area contributed by atoms with E-state index in [1.54, 1.807) is 24.3 Å². The van der Waals surface area contributed by atoms with Crippen molar-refractivity contribution in [3.8, 4) is 5.75 Å². The van der Waals surface area contributed by atoms with Crippen LogP contribution in [0.4, 0.5) is 5.69 Å². The van der Waals surface area contributed by atoms with Crippen LogP contribution in [0.15, 0.2) is 72.8 Å². The minimum absolute atomic E-state index is 0.230. The van der Waals surface area contributed by atoms with Crippen molar-refractivity contribution in [1.82, 2.24) is 5.32 Å². The van der Waals surface area contributed by atoms with Gasteiger partial charge in [0.25, 0.3) is 5.91 Å². The Balaban J connectivity index is 1.59. The van der Waals surface area contributed by atoms with Crippen molar-refractivity contribution < 1.29 is 17.9 Å². The van der Waals surface area contributed by atoms with Crippen molar-refractivity contribution in [1.29, 1.82) is 0 Å². The molecule has 0 atom stereocenters. The van der Waals surface area contributed by atoms with E-state index in [1.807, 2.05) is 55.5 Å². The molecule has 3 rings (SSSR count). The maximum Gasteiger partial charge on any atom is 0.251 e. The van der Waals surface area contributed by atoms with Crippen LogP contribution < -0.4 is 14.4 Å². The molecule has 0 saturated carbocycles. The Hall–Kier alpha value is -3.32. The lowest BCUT2D eigenvalue weighted by molar-refractivity contribution is 0.0947. The van der Waals surface area contributed by atoms with Gasteiger partial charge in [0.1, 0.15) is 12.4 Å². The van der Waals surface area contributed by atoms with Crippen LogP contribution in [0, 0.1) is 6.92 Å². The van der Waals surface area contributed by atoms with Crippen LogP contribution in [0.25, 0.3) is 0 Å². The van der Waals surface area contributed by atoms with Gasteiger partial charge in [0.05, 0.1) is 25.0 Å². The molecule has 0 spiro atoms. The van der Waals surface area contributed by atoms with Crippen molar-refractivity contribution in [2.45, 2.75) is 26.8 Å².